The summed E-state index contributed by atoms with van der Waals surface area (Å²) < 4.78 is 6.84. The van der Waals surface area contributed by atoms with Gasteiger partial charge in [-0.05, 0) is 48.9 Å². The van der Waals surface area contributed by atoms with E-state index >= 15 is 0 Å². The SMILES string of the molecule is CCN1CCN(C2=C(c3c(C(C)C)[nH]n(-c4ccc(Cl)cc4)c3=O)C(=O)N(Cc3ccco3)C2=O)CC1. The highest BCUT2D eigenvalue weighted by molar-refractivity contribution is 6.35. The molecule has 2 aromatic heterocycles. The van der Waals surface area contributed by atoms with Crippen LogP contribution in [0.25, 0.3) is 11.3 Å². The number of benzene rings is 1. The Hall–Kier alpha value is -3.56. The smallest absolute Gasteiger partial charge is 0.279 e. The topological polar surface area (TPSA) is 94.8 Å². The zero-order chi connectivity index (χ0) is 26.3. The largest absolute Gasteiger partial charge is 0.467 e. The van der Waals surface area contributed by atoms with Crippen LogP contribution in [0.1, 0.15) is 43.7 Å². The van der Waals surface area contributed by atoms with E-state index in [4.69, 9.17) is 16.0 Å². The number of aromatic amines is 1. The number of rotatable bonds is 7. The van der Waals surface area contributed by atoms with Crippen molar-refractivity contribution in [1.82, 2.24) is 24.5 Å². The van der Waals surface area contributed by atoms with Crippen molar-refractivity contribution >= 4 is 29.0 Å². The van der Waals surface area contributed by atoms with Gasteiger partial charge in [-0.2, -0.15) is 0 Å². The standard InChI is InChI=1S/C27H30ClN5O4/c1-4-30-11-13-31(14-12-30)24-22(25(34)32(27(24)36)16-20-6-5-15-37-20)21-23(17(2)3)29-33(26(21)35)19-9-7-18(28)8-10-19/h5-10,15,17,29H,4,11-14,16H2,1-3H3. The number of piperazine rings is 1. The minimum atomic E-state index is -0.490. The number of hydrogen-bond acceptors (Lipinski definition) is 6. The number of carbonyl (C=O) groups is 2. The Morgan fingerprint density at radius 2 is 1.70 bits per heavy atom. The van der Waals surface area contributed by atoms with Gasteiger partial charge < -0.3 is 14.2 Å². The normalized spacial score (nSPS) is 17.1. The number of aromatic nitrogens is 2. The molecule has 4 heterocycles. The third kappa shape index (κ3) is 4.53. The second-order valence-corrected chi connectivity index (χ2v) is 10.0. The maximum absolute atomic E-state index is 13.9. The summed E-state index contributed by atoms with van der Waals surface area (Å²) in [6.45, 7) is 9.63. The second-order valence-electron chi connectivity index (χ2n) is 9.59. The molecule has 0 atom stereocenters. The van der Waals surface area contributed by atoms with Gasteiger partial charge in [0.05, 0.1) is 29.6 Å². The Labute approximate surface area is 219 Å². The molecule has 0 bridgehead atoms. The number of hydrogen-bond donors (Lipinski definition) is 1. The van der Waals surface area contributed by atoms with E-state index in [1.807, 2.05) is 18.7 Å². The van der Waals surface area contributed by atoms with Gasteiger partial charge in [0.1, 0.15) is 11.5 Å². The highest BCUT2D eigenvalue weighted by Gasteiger charge is 2.45. The van der Waals surface area contributed by atoms with Crippen LogP contribution in [-0.2, 0) is 16.1 Å². The van der Waals surface area contributed by atoms with Gasteiger partial charge in [-0.25, -0.2) is 4.68 Å². The van der Waals surface area contributed by atoms with Crippen LogP contribution in [0.4, 0.5) is 0 Å². The zero-order valence-corrected chi connectivity index (χ0v) is 21.9. The Bertz CT molecular complexity index is 1390. The van der Waals surface area contributed by atoms with Crippen molar-refractivity contribution in [3.8, 4) is 5.69 Å². The number of nitrogens with zero attached hydrogens (tertiary/aromatic N) is 4. The molecule has 194 valence electrons. The molecule has 37 heavy (non-hydrogen) atoms. The van der Waals surface area contributed by atoms with Gasteiger partial charge in [0.15, 0.2) is 0 Å². The van der Waals surface area contributed by atoms with Crippen molar-refractivity contribution in [1.29, 1.82) is 0 Å². The first-order valence-electron chi connectivity index (χ1n) is 12.5. The molecule has 2 amide bonds. The summed E-state index contributed by atoms with van der Waals surface area (Å²) in [5, 5.41) is 3.75. The monoisotopic (exact) mass is 523 g/mol. The first-order valence-corrected chi connectivity index (χ1v) is 12.9. The predicted molar refractivity (Wildman–Crippen MR) is 140 cm³/mol. The molecule has 1 N–H and O–H groups in total. The molecule has 0 spiro atoms. The third-order valence-electron chi connectivity index (χ3n) is 7.00. The highest BCUT2D eigenvalue weighted by atomic mass is 35.5. The Morgan fingerprint density at radius 3 is 2.30 bits per heavy atom. The second kappa shape index (κ2) is 10.1. The number of carbonyl (C=O) groups excluding carboxylic acids is 2. The van der Waals surface area contributed by atoms with Gasteiger partial charge in [0.2, 0.25) is 0 Å². The molecule has 9 nitrogen and oxygen atoms in total. The van der Waals surface area contributed by atoms with Crippen molar-refractivity contribution in [2.45, 2.75) is 33.2 Å². The van der Waals surface area contributed by atoms with Crippen molar-refractivity contribution in [3.05, 3.63) is 80.8 Å². The molecule has 0 radical (unpaired) electrons. The average molecular weight is 524 g/mol. The first-order chi connectivity index (χ1) is 17.8. The fraction of sp³-hybridized carbons (Fsp3) is 0.370. The van der Waals surface area contributed by atoms with E-state index in [1.165, 1.54) is 15.8 Å². The number of nitrogens with one attached hydrogen (secondary N) is 1. The number of halogens is 1. The van der Waals surface area contributed by atoms with Crippen LogP contribution in [0.3, 0.4) is 0 Å². The third-order valence-corrected chi connectivity index (χ3v) is 7.26. The number of amides is 2. The lowest BCUT2D eigenvalue weighted by molar-refractivity contribution is -0.138. The van der Waals surface area contributed by atoms with E-state index in [-0.39, 0.29) is 34.9 Å². The molecule has 0 unspecified atom stereocenters. The van der Waals surface area contributed by atoms with Crippen molar-refractivity contribution in [2.24, 2.45) is 0 Å². The summed E-state index contributed by atoms with van der Waals surface area (Å²) in [5.41, 5.74) is 1.48. The fourth-order valence-electron chi connectivity index (χ4n) is 4.96. The summed E-state index contributed by atoms with van der Waals surface area (Å²) in [4.78, 5) is 47.1. The van der Waals surface area contributed by atoms with Gasteiger partial charge in [-0.15, -0.1) is 0 Å². The Kier molecular flexibility index (Phi) is 6.83. The number of likely N-dealkylation sites (N-methyl/N-ethyl adjacent to an activating group) is 1. The van der Waals surface area contributed by atoms with Crippen molar-refractivity contribution in [3.63, 3.8) is 0 Å². The van der Waals surface area contributed by atoms with E-state index < -0.39 is 11.8 Å². The lowest BCUT2D eigenvalue weighted by Gasteiger charge is -2.35. The van der Waals surface area contributed by atoms with E-state index in [2.05, 4.69) is 16.9 Å². The highest BCUT2D eigenvalue weighted by Crippen LogP contribution is 2.35. The molecule has 2 aliphatic heterocycles. The van der Waals surface area contributed by atoms with Gasteiger partial charge >= 0.3 is 0 Å². The maximum Gasteiger partial charge on any atom is 0.279 e. The summed E-state index contributed by atoms with van der Waals surface area (Å²) in [7, 11) is 0. The molecule has 0 saturated carbocycles. The molecular formula is C27H30ClN5O4. The molecule has 3 aromatic rings. The molecule has 1 fully saturated rings. The minimum Gasteiger partial charge on any atom is -0.467 e. The van der Waals surface area contributed by atoms with Crippen LogP contribution >= 0.6 is 11.6 Å². The van der Waals surface area contributed by atoms with E-state index in [9.17, 15) is 14.4 Å². The van der Waals surface area contributed by atoms with Gasteiger partial charge in [0.25, 0.3) is 17.4 Å². The predicted octanol–water partition coefficient (Wildman–Crippen LogP) is 3.45. The number of H-pyrrole nitrogens is 1. The molecule has 1 aromatic carbocycles. The first kappa shape index (κ1) is 25.1. The Balaban J connectivity index is 1.66. The summed E-state index contributed by atoms with van der Waals surface area (Å²) in [6.07, 6.45) is 1.51. The van der Waals surface area contributed by atoms with Crippen molar-refractivity contribution < 1.29 is 14.0 Å². The molecule has 0 aliphatic carbocycles. The van der Waals surface area contributed by atoms with E-state index in [1.54, 1.807) is 36.4 Å². The fourth-order valence-corrected chi connectivity index (χ4v) is 5.08. The van der Waals surface area contributed by atoms with Crippen LogP contribution in [0.5, 0.6) is 0 Å². The molecule has 2 aliphatic rings. The summed E-state index contributed by atoms with van der Waals surface area (Å²) in [6, 6.07) is 10.3. The Morgan fingerprint density at radius 1 is 1.00 bits per heavy atom. The molecule has 1 saturated heterocycles. The van der Waals surface area contributed by atoms with Crippen molar-refractivity contribution in [2.75, 3.05) is 32.7 Å². The number of imide groups is 1. The van der Waals surface area contributed by atoms with Gasteiger partial charge in [-0.3, -0.25) is 24.4 Å². The van der Waals surface area contributed by atoms with Gasteiger partial charge in [-0.1, -0.05) is 32.4 Å². The van der Waals surface area contributed by atoms with Crippen LogP contribution in [0, 0.1) is 0 Å². The van der Waals surface area contributed by atoms with Crippen LogP contribution in [0.2, 0.25) is 5.02 Å². The van der Waals surface area contributed by atoms with E-state index in [0.29, 0.717) is 35.3 Å². The zero-order valence-electron chi connectivity index (χ0n) is 21.2. The molecule has 10 heteroatoms. The quantitative estimate of drug-likeness (QED) is 0.477. The molecular weight excluding hydrogens is 494 g/mol. The lowest BCUT2D eigenvalue weighted by atomic mass is 9.98. The molecule has 5 rings (SSSR count). The minimum absolute atomic E-state index is 0.000594. The summed E-state index contributed by atoms with van der Waals surface area (Å²) >= 11 is 6.06. The van der Waals surface area contributed by atoms with Gasteiger partial charge in [0, 0.05) is 36.9 Å². The maximum atomic E-state index is 13.9. The van der Waals surface area contributed by atoms with E-state index in [0.717, 1.165) is 19.6 Å². The summed E-state index contributed by atoms with van der Waals surface area (Å²) in [5.74, 6) is -0.510. The average Bonchev–Trinajstić information content (AvgIpc) is 3.59. The van der Waals surface area contributed by atoms with Crippen LogP contribution in [0.15, 0.2) is 57.6 Å². The van der Waals surface area contributed by atoms with Crippen LogP contribution in [-0.4, -0.2) is 69.0 Å². The number of furan rings is 1. The van der Waals surface area contributed by atoms with Crippen LogP contribution < -0.4 is 5.56 Å². The lowest BCUT2D eigenvalue weighted by Crippen LogP contribution is -2.47.